The van der Waals surface area contributed by atoms with Gasteiger partial charge in [-0.1, -0.05) is 23.9 Å². The fraction of sp³-hybridized carbons (Fsp3) is 0.364. The van der Waals surface area contributed by atoms with Crippen molar-refractivity contribution in [1.29, 1.82) is 0 Å². The predicted molar refractivity (Wildman–Crippen MR) is 58.7 cm³/mol. The second-order valence-electron chi connectivity index (χ2n) is 3.65. The molecule has 1 aromatic carbocycles. The highest BCUT2D eigenvalue weighted by Gasteiger charge is 2.30. The van der Waals surface area contributed by atoms with Gasteiger partial charge < -0.3 is 0 Å². The molecule has 1 rings (SSSR count). The summed E-state index contributed by atoms with van der Waals surface area (Å²) in [6.07, 6.45) is -9.26. The van der Waals surface area contributed by atoms with Crippen molar-refractivity contribution in [3.8, 4) is 0 Å². The summed E-state index contributed by atoms with van der Waals surface area (Å²) in [7, 11) is 0. The molecule has 19 heavy (non-hydrogen) atoms. The second kappa shape index (κ2) is 5.85. The minimum atomic E-state index is -4.48. The van der Waals surface area contributed by atoms with Gasteiger partial charge in [0.05, 0.1) is 11.3 Å². The lowest BCUT2D eigenvalue weighted by Crippen LogP contribution is -2.13. The summed E-state index contributed by atoms with van der Waals surface area (Å²) in [6.45, 7) is 0. The summed E-state index contributed by atoms with van der Waals surface area (Å²) in [5.74, 6) is -1.30. The van der Waals surface area contributed by atoms with Crippen molar-refractivity contribution >= 4 is 16.9 Å². The summed E-state index contributed by atoms with van der Waals surface area (Å²) in [6, 6.07) is 3.73. The van der Waals surface area contributed by atoms with E-state index in [-0.39, 0.29) is 23.7 Å². The Morgan fingerprint density at radius 2 is 1.53 bits per heavy atom. The average Bonchev–Trinajstić information content (AvgIpc) is 2.25. The van der Waals surface area contributed by atoms with Crippen LogP contribution in [0.3, 0.4) is 0 Å². The molecule has 106 valence electrons. The Morgan fingerprint density at radius 3 is 1.95 bits per heavy atom. The third-order valence-corrected chi connectivity index (χ3v) is 2.96. The zero-order valence-electron chi connectivity index (χ0n) is 9.31. The van der Waals surface area contributed by atoms with Crippen LogP contribution in [0.15, 0.2) is 24.3 Å². The number of hydrogen-bond donors (Lipinski definition) is 0. The van der Waals surface area contributed by atoms with E-state index in [4.69, 9.17) is 0 Å². The molecule has 0 heterocycles. The van der Waals surface area contributed by atoms with E-state index >= 15 is 0 Å². The number of halogens is 6. The van der Waals surface area contributed by atoms with Crippen molar-refractivity contribution in [2.75, 3.05) is 5.75 Å². The van der Waals surface area contributed by atoms with Crippen LogP contribution in [-0.2, 0) is 17.4 Å². The molecule has 1 nitrogen and oxygen atoms in total. The number of carbonyl (C=O) groups excluding carboxylic acids is 1. The Bertz CT molecular complexity index is 434. The van der Waals surface area contributed by atoms with E-state index in [0.717, 1.165) is 24.3 Å². The molecule has 0 radical (unpaired) electrons. The zero-order chi connectivity index (χ0) is 14.7. The van der Waals surface area contributed by atoms with Gasteiger partial charge >= 0.3 is 12.4 Å². The molecule has 0 saturated heterocycles. The fourth-order valence-electron chi connectivity index (χ4n) is 1.19. The Balaban J connectivity index is 2.56. The van der Waals surface area contributed by atoms with Gasteiger partial charge in [-0.05, 0) is 17.7 Å². The number of alkyl halides is 6. The molecule has 0 saturated carbocycles. The molecule has 0 aliphatic carbocycles. The number of carbonyl (C=O) groups is 1. The number of thioether (sulfide) groups is 1. The van der Waals surface area contributed by atoms with Crippen molar-refractivity contribution in [3.05, 3.63) is 35.4 Å². The van der Waals surface area contributed by atoms with Crippen molar-refractivity contribution in [2.45, 2.75) is 18.8 Å². The molecule has 0 unspecified atom stereocenters. The highest BCUT2D eigenvalue weighted by atomic mass is 32.2. The molecule has 1 aromatic rings. The van der Waals surface area contributed by atoms with E-state index in [1.807, 2.05) is 0 Å². The summed E-state index contributed by atoms with van der Waals surface area (Å²) < 4.78 is 72.2. The van der Waals surface area contributed by atoms with E-state index in [9.17, 15) is 31.1 Å². The maximum atomic E-state index is 12.2. The Hall–Kier alpha value is -1.18. The average molecular weight is 302 g/mol. The van der Waals surface area contributed by atoms with Gasteiger partial charge in [0.25, 0.3) is 0 Å². The third kappa shape index (κ3) is 6.00. The molecule has 0 aliphatic heterocycles. The normalized spacial score (nSPS) is 12.5. The van der Waals surface area contributed by atoms with Gasteiger partial charge in [0.1, 0.15) is 0 Å². The highest BCUT2D eigenvalue weighted by Crippen LogP contribution is 2.29. The largest absolute Gasteiger partial charge is 0.416 e. The molecule has 0 amide bonds. The van der Waals surface area contributed by atoms with E-state index in [0.29, 0.717) is 0 Å². The van der Waals surface area contributed by atoms with E-state index in [1.54, 1.807) is 0 Å². The smallest absolute Gasteiger partial charge is 0.287 e. The summed E-state index contributed by atoms with van der Waals surface area (Å²) in [5.41, 5.74) is -0.626. The quantitative estimate of drug-likeness (QED) is 0.783. The van der Waals surface area contributed by atoms with Crippen LogP contribution in [0.4, 0.5) is 26.3 Å². The lowest BCUT2D eigenvalue weighted by atomic mass is 10.1. The predicted octanol–water partition coefficient (Wildman–Crippen LogP) is 4.07. The maximum absolute atomic E-state index is 12.2. The van der Waals surface area contributed by atoms with Gasteiger partial charge in [0.15, 0.2) is 5.12 Å². The molecule has 0 aromatic heterocycles. The Labute approximate surface area is 109 Å². The Morgan fingerprint density at radius 1 is 1.00 bits per heavy atom. The lowest BCUT2D eigenvalue weighted by Gasteiger charge is -2.08. The number of hydrogen-bond acceptors (Lipinski definition) is 2. The van der Waals surface area contributed by atoms with Gasteiger partial charge in [0.2, 0.25) is 0 Å². The second-order valence-corrected chi connectivity index (χ2v) is 4.68. The first-order valence-electron chi connectivity index (χ1n) is 4.96. The molecule has 0 bridgehead atoms. The van der Waals surface area contributed by atoms with Gasteiger partial charge in [0, 0.05) is 6.42 Å². The van der Waals surface area contributed by atoms with Crippen LogP contribution < -0.4 is 0 Å². The van der Waals surface area contributed by atoms with Crippen LogP contribution >= 0.6 is 11.8 Å². The summed E-state index contributed by atoms with van der Waals surface area (Å²) >= 11 is 0.102. The molecule has 0 aliphatic rings. The highest BCUT2D eigenvalue weighted by molar-refractivity contribution is 8.13. The third-order valence-electron chi connectivity index (χ3n) is 2.03. The molecular weight excluding hydrogens is 294 g/mol. The molecule has 0 spiro atoms. The molecule has 0 N–H and O–H groups in total. The summed E-state index contributed by atoms with van der Waals surface area (Å²) in [4.78, 5) is 11.2. The van der Waals surface area contributed by atoms with Crippen LogP contribution in [0.5, 0.6) is 0 Å². The van der Waals surface area contributed by atoms with Gasteiger partial charge in [-0.15, -0.1) is 0 Å². The fourth-order valence-corrected chi connectivity index (χ4v) is 1.78. The van der Waals surface area contributed by atoms with Crippen molar-refractivity contribution < 1.29 is 31.1 Å². The number of rotatable bonds is 3. The lowest BCUT2D eigenvalue weighted by molar-refractivity contribution is -0.137. The number of benzene rings is 1. The van der Waals surface area contributed by atoms with Crippen LogP contribution in [0.2, 0.25) is 0 Å². The standard InChI is InChI=1S/C11H8F6OS/c12-10(13,14)6-19-9(18)5-7-1-3-8(4-2-7)11(15,16)17/h1-4H,5-6H2. The first-order valence-corrected chi connectivity index (χ1v) is 5.95. The van der Waals surface area contributed by atoms with Crippen LogP contribution in [-0.4, -0.2) is 17.0 Å². The molecule has 0 atom stereocenters. The molecule has 8 heteroatoms. The van der Waals surface area contributed by atoms with Crippen LogP contribution in [0.1, 0.15) is 11.1 Å². The van der Waals surface area contributed by atoms with E-state index < -0.39 is 28.8 Å². The summed E-state index contributed by atoms with van der Waals surface area (Å²) in [5, 5.41) is -0.739. The topological polar surface area (TPSA) is 17.1 Å². The van der Waals surface area contributed by atoms with Crippen LogP contribution in [0.25, 0.3) is 0 Å². The first-order chi connectivity index (χ1) is 8.58. The first kappa shape index (κ1) is 15.9. The van der Waals surface area contributed by atoms with Crippen LogP contribution in [0, 0.1) is 0 Å². The zero-order valence-corrected chi connectivity index (χ0v) is 10.1. The minimum absolute atomic E-state index is 0.102. The van der Waals surface area contributed by atoms with E-state index in [1.165, 1.54) is 0 Å². The maximum Gasteiger partial charge on any atom is 0.416 e. The SMILES string of the molecule is O=C(Cc1ccc(C(F)(F)F)cc1)SCC(F)(F)F. The molecule has 0 fully saturated rings. The van der Waals surface area contributed by atoms with Gasteiger partial charge in [-0.2, -0.15) is 26.3 Å². The monoisotopic (exact) mass is 302 g/mol. The van der Waals surface area contributed by atoms with Crippen molar-refractivity contribution in [1.82, 2.24) is 0 Å². The Kier molecular flexibility index (Phi) is 4.89. The van der Waals surface area contributed by atoms with Crippen molar-refractivity contribution in [3.63, 3.8) is 0 Å². The molecular formula is C11H8F6OS. The van der Waals surface area contributed by atoms with E-state index in [2.05, 4.69) is 0 Å². The van der Waals surface area contributed by atoms with Gasteiger partial charge in [-0.3, -0.25) is 4.79 Å². The minimum Gasteiger partial charge on any atom is -0.287 e. The van der Waals surface area contributed by atoms with Crippen molar-refractivity contribution in [2.24, 2.45) is 0 Å². The van der Waals surface area contributed by atoms with Gasteiger partial charge in [-0.25, -0.2) is 0 Å².